The molecule has 3 heteroatoms. The average molecular weight is 178 g/mol. The SMILES string of the molecule is CCC(=O)N[C@H](C)c1ccncc1. The van der Waals surface area contributed by atoms with Crippen molar-refractivity contribution >= 4 is 5.91 Å². The van der Waals surface area contributed by atoms with Gasteiger partial charge >= 0.3 is 0 Å². The van der Waals surface area contributed by atoms with Crippen molar-refractivity contribution in [3.8, 4) is 0 Å². The highest BCUT2D eigenvalue weighted by atomic mass is 16.1. The van der Waals surface area contributed by atoms with Crippen LogP contribution in [0.2, 0.25) is 0 Å². The van der Waals surface area contributed by atoms with Gasteiger partial charge in [-0.2, -0.15) is 0 Å². The number of hydrogen-bond acceptors (Lipinski definition) is 2. The molecule has 1 amide bonds. The zero-order valence-electron chi connectivity index (χ0n) is 7.95. The van der Waals surface area contributed by atoms with Crippen LogP contribution in [0.1, 0.15) is 31.9 Å². The summed E-state index contributed by atoms with van der Waals surface area (Å²) in [6.07, 6.45) is 3.98. The Hall–Kier alpha value is -1.38. The Kier molecular flexibility index (Phi) is 3.43. The standard InChI is InChI=1S/C10H14N2O/c1-3-10(13)12-8(2)9-4-6-11-7-5-9/h4-8H,3H2,1-2H3,(H,12,13)/t8-/m1/s1. The topological polar surface area (TPSA) is 42.0 Å². The van der Waals surface area contributed by atoms with Crippen LogP contribution in [0, 0.1) is 0 Å². The van der Waals surface area contributed by atoms with Crippen LogP contribution >= 0.6 is 0 Å². The molecule has 0 spiro atoms. The molecule has 1 rings (SSSR count). The number of carbonyl (C=O) groups excluding carboxylic acids is 1. The fourth-order valence-corrected chi connectivity index (χ4v) is 1.08. The predicted octanol–water partition coefficient (Wildman–Crippen LogP) is 1.67. The Labute approximate surface area is 78.2 Å². The van der Waals surface area contributed by atoms with E-state index in [9.17, 15) is 4.79 Å². The van der Waals surface area contributed by atoms with E-state index in [1.807, 2.05) is 26.0 Å². The lowest BCUT2D eigenvalue weighted by atomic mass is 10.1. The van der Waals surface area contributed by atoms with E-state index in [-0.39, 0.29) is 11.9 Å². The molecule has 0 aliphatic rings. The molecule has 70 valence electrons. The molecule has 0 radical (unpaired) electrons. The maximum Gasteiger partial charge on any atom is 0.220 e. The molecule has 1 N–H and O–H groups in total. The Morgan fingerprint density at radius 2 is 2.15 bits per heavy atom. The average Bonchev–Trinajstić information content (AvgIpc) is 2.19. The van der Waals surface area contributed by atoms with E-state index in [0.717, 1.165) is 5.56 Å². The van der Waals surface area contributed by atoms with Gasteiger partial charge in [0.25, 0.3) is 0 Å². The summed E-state index contributed by atoms with van der Waals surface area (Å²) in [5.74, 6) is 0.0734. The molecule has 13 heavy (non-hydrogen) atoms. The van der Waals surface area contributed by atoms with Gasteiger partial charge in [0.2, 0.25) is 5.91 Å². The molecular weight excluding hydrogens is 164 g/mol. The summed E-state index contributed by atoms with van der Waals surface area (Å²) >= 11 is 0. The van der Waals surface area contributed by atoms with Gasteiger partial charge in [-0.15, -0.1) is 0 Å². The summed E-state index contributed by atoms with van der Waals surface area (Å²) in [6, 6.07) is 3.87. The zero-order valence-corrected chi connectivity index (χ0v) is 7.95. The zero-order chi connectivity index (χ0) is 9.68. The second-order valence-corrected chi connectivity index (χ2v) is 2.92. The summed E-state index contributed by atoms with van der Waals surface area (Å²) in [7, 11) is 0. The number of amides is 1. The second-order valence-electron chi connectivity index (χ2n) is 2.92. The third-order valence-electron chi connectivity index (χ3n) is 1.90. The van der Waals surface area contributed by atoms with Crippen LogP contribution < -0.4 is 5.32 Å². The lowest BCUT2D eigenvalue weighted by Gasteiger charge is -2.12. The summed E-state index contributed by atoms with van der Waals surface area (Å²) in [5, 5.41) is 2.88. The van der Waals surface area contributed by atoms with Gasteiger partial charge in [0.15, 0.2) is 0 Å². The molecule has 3 nitrogen and oxygen atoms in total. The van der Waals surface area contributed by atoms with Crippen molar-refractivity contribution in [2.75, 3.05) is 0 Å². The number of carbonyl (C=O) groups is 1. The van der Waals surface area contributed by atoms with Gasteiger partial charge in [-0.05, 0) is 24.6 Å². The van der Waals surface area contributed by atoms with Gasteiger partial charge in [0.1, 0.15) is 0 Å². The Morgan fingerprint density at radius 1 is 1.54 bits per heavy atom. The Balaban J connectivity index is 2.59. The second kappa shape index (κ2) is 4.60. The van der Waals surface area contributed by atoms with E-state index >= 15 is 0 Å². The number of pyridine rings is 1. The van der Waals surface area contributed by atoms with Gasteiger partial charge in [-0.3, -0.25) is 9.78 Å². The van der Waals surface area contributed by atoms with Crippen molar-refractivity contribution in [1.82, 2.24) is 10.3 Å². The van der Waals surface area contributed by atoms with E-state index in [1.165, 1.54) is 0 Å². The molecule has 0 aliphatic carbocycles. The molecule has 0 saturated carbocycles. The molecule has 0 aliphatic heterocycles. The van der Waals surface area contributed by atoms with Gasteiger partial charge in [-0.1, -0.05) is 6.92 Å². The first-order chi connectivity index (χ1) is 6.24. The van der Waals surface area contributed by atoms with Crippen molar-refractivity contribution in [3.05, 3.63) is 30.1 Å². The fraction of sp³-hybridized carbons (Fsp3) is 0.400. The van der Waals surface area contributed by atoms with Crippen LogP contribution in [0.25, 0.3) is 0 Å². The van der Waals surface area contributed by atoms with Crippen LogP contribution in [0.4, 0.5) is 0 Å². The van der Waals surface area contributed by atoms with E-state index in [2.05, 4.69) is 10.3 Å². The van der Waals surface area contributed by atoms with Crippen molar-refractivity contribution < 1.29 is 4.79 Å². The Morgan fingerprint density at radius 3 is 2.69 bits per heavy atom. The number of nitrogens with zero attached hydrogens (tertiary/aromatic N) is 1. The first-order valence-electron chi connectivity index (χ1n) is 4.43. The van der Waals surface area contributed by atoms with E-state index in [1.54, 1.807) is 12.4 Å². The summed E-state index contributed by atoms with van der Waals surface area (Å²) in [4.78, 5) is 15.0. The third-order valence-corrected chi connectivity index (χ3v) is 1.90. The lowest BCUT2D eigenvalue weighted by molar-refractivity contribution is -0.121. The summed E-state index contributed by atoms with van der Waals surface area (Å²) in [6.45, 7) is 3.80. The first kappa shape index (κ1) is 9.71. The molecule has 0 unspecified atom stereocenters. The number of aromatic nitrogens is 1. The normalized spacial score (nSPS) is 12.2. The van der Waals surface area contributed by atoms with Gasteiger partial charge in [0.05, 0.1) is 6.04 Å². The van der Waals surface area contributed by atoms with Gasteiger partial charge < -0.3 is 5.32 Å². The van der Waals surface area contributed by atoms with Crippen LogP contribution in [0.3, 0.4) is 0 Å². The van der Waals surface area contributed by atoms with Crippen molar-refractivity contribution in [1.29, 1.82) is 0 Å². The third kappa shape index (κ3) is 2.86. The molecule has 0 saturated heterocycles. The minimum Gasteiger partial charge on any atom is -0.350 e. The highest BCUT2D eigenvalue weighted by Crippen LogP contribution is 2.09. The quantitative estimate of drug-likeness (QED) is 0.765. The first-order valence-corrected chi connectivity index (χ1v) is 4.43. The van der Waals surface area contributed by atoms with Crippen molar-refractivity contribution in [3.63, 3.8) is 0 Å². The largest absolute Gasteiger partial charge is 0.350 e. The van der Waals surface area contributed by atoms with E-state index in [0.29, 0.717) is 6.42 Å². The molecule has 1 atom stereocenters. The molecule has 1 aromatic rings. The maximum absolute atomic E-state index is 11.1. The molecular formula is C10H14N2O. The molecule has 0 bridgehead atoms. The fourth-order valence-electron chi connectivity index (χ4n) is 1.08. The molecule has 1 aromatic heterocycles. The smallest absolute Gasteiger partial charge is 0.220 e. The van der Waals surface area contributed by atoms with Crippen LogP contribution in [-0.2, 0) is 4.79 Å². The molecule has 0 fully saturated rings. The lowest BCUT2D eigenvalue weighted by Crippen LogP contribution is -2.25. The minimum absolute atomic E-state index is 0.0652. The maximum atomic E-state index is 11.1. The van der Waals surface area contributed by atoms with Crippen molar-refractivity contribution in [2.24, 2.45) is 0 Å². The van der Waals surface area contributed by atoms with E-state index in [4.69, 9.17) is 0 Å². The van der Waals surface area contributed by atoms with Gasteiger partial charge in [-0.25, -0.2) is 0 Å². The molecule has 1 heterocycles. The van der Waals surface area contributed by atoms with Crippen LogP contribution in [0.5, 0.6) is 0 Å². The Bertz CT molecular complexity index is 272. The number of rotatable bonds is 3. The van der Waals surface area contributed by atoms with Crippen LogP contribution in [-0.4, -0.2) is 10.9 Å². The molecule has 0 aromatic carbocycles. The van der Waals surface area contributed by atoms with Crippen molar-refractivity contribution in [2.45, 2.75) is 26.3 Å². The minimum atomic E-state index is 0.0652. The summed E-state index contributed by atoms with van der Waals surface area (Å²) in [5.41, 5.74) is 1.08. The highest BCUT2D eigenvalue weighted by Gasteiger charge is 2.06. The monoisotopic (exact) mass is 178 g/mol. The summed E-state index contributed by atoms with van der Waals surface area (Å²) < 4.78 is 0. The van der Waals surface area contributed by atoms with E-state index < -0.39 is 0 Å². The van der Waals surface area contributed by atoms with Crippen LogP contribution in [0.15, 0.2) is 24.5 Å². The van der Waals surface area contributed by atoms with Gasteiger partial charge in [0, 0.05) is 18.8 Å². The number of hydrogen-bond donors (Lipinski definition) is 1. The highest BCUT2D eigenvalue weighted by molar-refractivity contribution is 5.75. The number of nitrogens with one attached hydrogen (secondary N) is 1. The predicted molar refractivity (Wildman–Crippen MR) is 51.1 cm³/mol.